The van der Waals surface area contributed by atoms with Crippen molar-refractivity contribution >= 4 is 0 Å². The Morgan fingerprint density at radius 2 is 2.00 bits per heavy atom. The van der Waals surface area contributed by atoms with Crippen LogP contribution in [-0.2, 0) is 0 Å². The van der Waals surface area contributed by atoms with Crippen LogP contribution in [0.15, 0.2) is 0 Å². The molecule has 0 fully saturated rings. The van der Waals surface area contributed by atoms with E-state index in [0.717, 1.165) is 0 Å². The van der Waals surface area contributed by atoms with Crippen molar-refractivity contribution in [3.8, 4) is 0 Å². The smallest absolute Gasteiger partial charge is 0.0577 e. The molecule has 3 heteroatoms. The van der Waals surface area contributed by atoms with Gasteiger partial charge in [0.1, 0.15) is 0 Å². The van der Waals surface area contributed by atoms with E-state index in [-0.39, 0.29) is 0 Å². The van der Waals surface area contributed by atoms with Gasteiger partial charge in [-0.05, 0) is 6.98 Å². The molecule has 0 aromatic rings. The van der Waals surface area contributed by atoms with Crippen LogP contribution in [0.4, 0.5) is 0 Å². The number of hydrogen-bond acceptors (Lipinski definition) is 3. The molecule has 0 saturated carbocycles. The van der Waals surface area contributed by atoms with Gasteiger partial charge in [0.25, 0.3) is 0 Å². The van der Waals surface area contributed by atoms with Gasteiger partial charge in [0.05, 0.1) is 18.6 Å². The Morgan fingerprint density at radius 3 is 2.25 bits per heavy atom. The van der Waals surface area contributed by atoms with E-state index in [0.29, 0.717) is 0 Å². The second-order valence-corrected chi connectivity index (χ2v) is 0.783. The summed E-state index contributed by atoms with van der Waals surface area (Å²) in [5.41, 5.74) is 0. The Kier molecular flexibility index (Phi) is 0.733. The van der Waals surface area contributed by atoms with Crippen molar-refractivity contribution < 1.29 is 25.3 Å². The molecule has 0 rings (SSSR count). The largest absolute Gasteiger partial charge is 0.395 e. The van der Waals surface area contributed by atoms with Gasteiger partial charge in [0.15, 0.2) is 0 Å². The fourth-order valence-electron chi connectivity index (χ4n) is 0.128. The van der Waals surface area contributed by atoms with Gasteiger partial charge in [0.2, 0.25) is 0 Å². The van der Waals surface area contributed by atoms with Crippen molar-refractivity contribution in [3.05, 3.63) is 0 Å². The van der Waals surface area contributed by atoms with Crippen LogP contribution < -0.4 is 0 Å². The summed E-state index contributed by atoms with van der Waals surface area (Å²) in [6.45, 7) is -19.0. The Balaban J connectivity index is 6.05. The first-order valence-electron chi connectivity index (χ1n) is 7.12. The molecule has 0 atom stereocenters. The van der Waals surface area contributed by atoms with E-state index in [2.05, 4.69) is 0 Å². The van der Waals surface area contributed by atoms with Crippen LogP contribution in [0, 0.1) is 0 Å². The standard InChI is InChI=1S/C5H13NO2/c1-6(2-4-7)3-5-8/h7-8H,2-5H2,1H3/i1D3,2D2,3D2,4D2,5D2. The topological polar surface area (TPSA) is 43.7 Å². The first-order valence-corrected chi connectivity index (χ1v) is 1.62. The molecule has 0 radical (unpaired) electrons. The quantitative estimate of drug-likeness (QED) is 0.508. The van der Waals surface area contributed by atoms with E-state index >= 15 is 0 Å². The average Bonchev–Trinajstić information content (AvgIpc) is 1.93. The minimum atomic E-state index is -3.84. The second kappa shape index (κ2) is 5.03. The number of hydrogen-bond donors (Lipinski definition) is 2. The molecular formula is C5H13NO2. The molecule has 0 bridgehead atoms. The summed E-state index contributed by atoms with van der Waals surface area (Å²) in [7, 11) is 0. The van der Waals surface area contributed by atoms with Gasteiger partial charge in [-0.2, -0.15) is 0 Å². The molecule has 0 unspecified atom stereocenters. The van der Waals surface area contributed by atoms with E-state index in [1.165, 1.54) is 0 Å². The molecule has 0 heterocycles. The van der Waals surface area contributed by atoms with Gasteiger partial charge in [-0.25, -0.2) is 0 Å². The fourth-order valence-corrected chi connectivity index (χ4v) is 0.128. The lowest BCUT2D eigenvalue weighted by Gasteiger charge is -2.11. The predicted molar refractivity (Wildman–Crippen MR) is 31.7 cm³/mol. The van der Waals surface area contributed by atoms with Gasteiger partial charge >= 0.3 is 0 Å². The Hall–Kier alpha value is -0.120. The van der Waals surface area contributed by atoms with Crippen molar-refractivity contribution in [3.63, 3.8) is 0 Å². The van der Waals surface area contributed by atoms with E-state index in [1.54, 1.807) is 0 Å². The monoisotopic (exact) mass is 130 g/mol. The lowest BCUT2D eigenvalue weighted by atomic mass is 10.5. The van der Waals surface area contributed by atoms with Crippen LogP contribution >= 0.6 is 0 Å². The molecule has 50 valence electrons. The normalized spacial score (nSPS) is 39.6. The summed E-state index contributed by atoms with van der Waals surface area (Å²) in [5.74, 6) is 0. The SMILES string of the molecule is [2H]C([2H])([2H])N(C([2H])([2H])C([2H])([2H])O)C([2H])([2H])C([2H])([2H])O. The third-order valence-electron chi connectivity index (χ3n) is 0.324. The minimum Gasteiger partial charge on any atom is -0.395 e. The number of likely N-dealkylation sites (N-methyl/N-ethyl adjacent to an activating group) is 1. The molecule has 0 aromatic heterocycles. The molecule has 2 N–H and O–H groups in total. The summed E-state index contributed by atoms with van der Waals surface area (Å²) >= 11 is 0. The van der Waals surface area contributed by atoms with Crippen LogP contribution in [0.1, 0.15) is 15.1 Å². The van der Waals surface area contributed by atoms with E-state index in [9.17, 15) is 0 Å². The molecular weight excluding hydrogens is 106 g/mol. The molecule has 0 spiro atoms. The van der Waals surface area contributed by atoms with Crippen LogP contribution in [0.2, 0.25) is 0 Å². The second-order valence-electron chi connectivity index (χ2n) is 0.783. The highest BCUT2D eigenvalue weighted by molar-refractivity contribution is 4.45. The Labute approximate surface area is 65.0 Å². The Morgan fingerprint density at radius 1 is 1.50 bits per heavy atom. The highest BCUT2D eigenvalue weighted by Gasteiger charge is 1.91. The van der Waals surface area contributed by atoms with Crippen molar-refractivity contribution in [1.29, 1.82) is 0 Å². The predicted octanol–water partition coefficient (Wildman–Crippen LogP) is -1.10. The molecule has 0 saturated heterocycles. The third kappa shape index (κ3) is 4.05. The van der Waals surface area contributed by atoms with Crippen LogP contribution in [-0.4, -0.2) is 48.2 Å². The van der Waals surface area contributed by atoms with Crippen LogP contribution in [0.25, 0.3) is 0 Å². The van der Waals surface area contributed by atoms with Gasteiger partial charge in [-0.3, -0.25) is 0 Å². The maximum atomic E-state index is 9.00. The minimum absolute atomic E-state index is 0.854. The molecule has 0 amide bonds. The highest BCUT2D eigenvalue weighted by Crippen LogP contribution is 1.76. The first-order chi connectivity index (χ1) is 7.87. The van der Waals surface area contributed by atoms with Gasteiger partial charge in [0, 0.05) is 22.6 Å². The summed E-state index contributed by atoms with van der Waals surface area (Å²) in [6.07, 6.45) is 0. The van der Waals surface area contributed by atoms with E-state index in [1.807, 2.05) is 0 Å². The van der Waals surface area contributed by atoms with Crippen LogP contribution in [0.3, 0.4) is 0 Å². The van der Waals surface area contributed by atoms with Gasteiger partial charge in [-0.15, -0.1) is 0 Å². The number of nitrogens with zero attached hydrogens (tertiary/aromatic N) is 1. The maximum Gasteiger partial charge on any atom is 0.0577 e. The summed E-state index contributed by atoms with van der Waals surface area (Å²) in [4.78, 5) is -0.854. The number of rotatable bonds is 4. The molecule has 3 nitrogen and oxygen atoms in total. The molecule has 0 aliphatic heterocycles. The lowest BCUT2D eigenvalue weighted by molar-refractivity contribution is 0.184. The molecule has 8 heavy (non-hydrogen) atoms. The first kappa shape index (κ1) is 1.17. The van der Waals surface area contributed by atoms with Gasteiger partial charge in [-0.1, -0.05) is 0 Å². The Bertz CT molecular complexity index is 299. The zero-order valence-electron chi connectivity index (χ0n) is 14.8. The molecule has 0 aromatic carbocycles. The average molecular weight is 130 g/mol. The maximum absolute atomic E-state index is 9.00. The van der Waals surface area contributed by atoms with Gasteiger partial charge < -0.3 is 15.1 Å². The fraction of sp³-hybridized carbons (Fsp3) is 1.00. The van der Waals surface area contributed by atoms with Crippen molar-refractivity contribution in [2.75, 3.05) is 33.1 Å². The van der Waals surface area contributed by atoms with Crippen molar-refractivity contribution in [2.45, 2.75) is 0 Å². The zero-order chi connectivity index (χ0) is 16.1. The molecule has 0 aliphatic carbocycles. The van der Waals surface area contributed by atoms with Crippen molar-refractivity contribution in [2.24, 2.45) is 0 Å². The van der Waals surface area contributed by atoms with E-state index in [4.69, 9.17) is 25.3 Å². The molecule has 0 aliphatic rings. The summed E-state index contributed by atoms with van der Waals surface area (Å²) < 4.78 is 77.1. The summed E-state index contributed by atoms with van der Waals surface area (Å²) in [5, 5.41) is 18.0. The highest BCUT2D eigenvalue weighted by atomic mass is 16.3. The van der Waals surface area contributed by atoms with Crippen LogP contribution in [0.5, 0.6) is 0 Å². The third-order valence-corrected chi connectivity index (χ3v) is 0.324. The zero-order valence-corrected chi connectivity index (χ0v) is 3.84. The lowest BCUT2D eigenvalue weighted by Crippen LogP contribution is -2.25. The van der Waals surface area contributed by atoms with Crippen molar-refractivity contribution in [1.82, 2.24) is 4.90 Å². The summed E-state index contributed by atoms with van der Waals surface area (Å²) in [6, 6.07) is 0. The van der Waals surface area contributed by atoms with E-state index < -0.39 is 38.0 Å². The number of aliphatic hydroxyl groups is 2.